The molecule has 0 saturated carbocycles. The zero-order valence-electron chi connectivity index (χ0n) is 9.30. The number of carbonyl (C=O) groups is 2. The number of rotatable bonds is 4. The van der Waals surface area contributed by atoms with Crippen LogP contribution in [0.1, 0.15) is 23.7 Å². The summed E-state index contributed by atoms with van der Waals surface area (Å²) in [5.41, 5.74) is 5.53. The third kappa shape index (κ3) is 3.18. The summed E-state index contributed by atoms with van der Waals surface area (Å²) in [4.78, 5) is 22.2. The van der Waals surface area contributed by atoms with Gasteiger partial charge >= 0.3 is 5.97 Å². The third-order valence-corrected chi connectivity index (χ3v) is 2.27. The molecule has 0 aromatic heterocycles. The SMILES string of the molecule is CC[C@H](N)C(=O)Nc1ccc(O)c(C(=O)O)c1. The van der Waals surface area contributed by atoms with E-state index in [4.69, 9.17) is 10.8 Å². The van der Waals surface area contributed by atoms with Gasteiger partial charge in [0.05, 0.1) is 6.04 Å². The Bertz CT molecular complexity index is 445. The van der Waals surface area contributed by atoms with E-state index in [1.807, 2.05) is 0 Å². The normalized spacial score (nSPS) is 11.9. The Hall–Kier alpha value is -2.08. The number of nitrogens with one attached hydrogen (secondary N) is 1. The van der Waals surface area contributed by atoms with Crippen LogP contribution in [0.25, 0.3) is 0 Å². The topological polar surface area (TPSA) is 113 Å². The fourth-order valence-corrected chi connectivity index (χ4v) is 1.21. The predicted molar refractivity (Wildman–Crippen MR) is 62.0 cm³/mol. The summed E-state index contributed by atoms with van der Waals surface area (Å²) < 4.78 is 0. The first-order valence-corrected chi connectivity index (χ1v) is 5.08. The van der Waals surface area contributed by atoms with E-state index < -0.39 is 17.9 Å². The maximum absolute atomic E-state index is 11.5. The number of carboxylic acids is 1. The first-order valence-electron chi connectivity index (χ1n) is 5.08. The van der Waals surface area contributed by atoms with E-state index in [1.165, 1.54) is 18.2 Å². The molecule has 0 saturated heterocycles. The lowest BCUT2D eigenvalue weighted by molar-refractivity contribution is -0.117. The summed E-state index contributed by atoms with van der Waals surface area (Å²) in [7, 11) is 0. The molecule has 0 spiro atoms. The molecule has 1 rings (SSSR count). The standard InChI is InChI=1S/C11H14N2O4/c1-2-8(12)10(15)13-6-3-4-9(14)7(5-6)11(16)17/h3-5,8,14H,2,12H2,1H3,(H,13,15)(H,16,17)/t8-/m0/s1. The minimum atomic E-state index is -1.27. The van der Waals surface area contributed by atoms with Gasteiger partial charge in [-0.1, -0.05) is 6.92 Å². The van der Waals surface area contributed by atoms with Crippen LogP contribution in [0.4, 0.5) is 5.69 Å². The summed E-state index contributed by atoms with van der Waals surface area (Å²) in [6.45, 7) is 1.77. The van der Waals surface area contributed by atoms with Crippen molar-refractivity contribution in [3.05, 3.63) is 23.8 Å². The number of aromatic hydroxyl groups is 1. The van der Waals surface area contributed by atoms with Crippen molar-refractivity contribution in [3.63, 3.8) is 0 Å². The van der Waals surface area contributed by atoms with E-state index in [1.54, 1.807) is 6.92 Å². The molecule has 0 fully saturated rings. The average molecular weight is 238 g/mol. The number of carbonyl (C=O) groups excluding carboxylic acids is 1. The first-order chi connectivity index (χ1) is 7.95. The van der Waals surface area contributed by atoms with Gasteiger partial charge in [0.1, 0.15) is 11.3 Å². The van der Waals surface area contributed by atoms with Gasteiger partial charge in [-0.25, -0.2) is 4.79 Å². The second-order valence-electron chi connectivity index (χ2n) is 3.54. The number of anilines is 1. The quantitative estimate of drug-likeness (QED) is 0.578. The lowest BCUT2D eigenvalue weighted by Gasteiger charge is -2.10. The highest BCUT2D eigenvalue weighted by Gasteiger charge is 2.14. The molecular formula is C11H14N2O4. The van der Waals surface area contributed by atoms with Crippen LogP contribution in [-0.2, 0) is 4.79 Å². The van der Waals surface area contributed by atoms with E-state index in [2.05, 4.69) is 5.32 Å². The zero-order valence-corrected chi connectivity index (χ0v) is 9.30. The molecule has 92 valence electrons. The number of nitrogens with two attached hydrogens (primary N) is 1. The molecular weight excluding hydrogens is 224 g/mol. The minimum absolute atomic E-state index is 0.270. The van der Waals surface area contributed by atoms with E-state index in [0.29, 0.717) is 6.42 Å². The molecule has 1 aromatic rings. The number of phenols is 1. The second-order valence-corrected chi connectivity index (χ2v) is 3.54. The van der Waals surface area contributed by atoms with E-state index >= 15 is 0 Å². The van der Waals surface area contributed by atoms with Gasteiger partial charge in [0.2, 0.25) is 5.91 Å². The van der Waals surface area contributed by atoms with Crippen molar-refractivity contribution in [1.29, 1.82) is 0 Å². The van der Waals surface area contributed by atoms with Gasteiger partial charge in [-0.3, -0.25) is 4.79 Å². The minimum Gasteiger partial charge on any atom is -0.507 e. The Kier molecular flexibility index (Phi) is 4.06. The maximum atomic E-state index is 11.5. The van der Waals surface area contributed by atoms with Crippen molar-refractivity contribution in [1.82, 2.24) is 0 Å². The highest BCUT2D eigenvalue weighted by Crippen LogP contribution is 2.21. The van der Waals surface area contributed by atoms with Crippen LogP contribution in [0.3, 0.4) is 0 Å². The van der Waals surface area contributed by atoms with Crippen LogP contribution in [0.2, 0.25) is 0 Å². The van der Waals surface area contributed by atoms with E-state index in [9.17, 15) is 14.7 Å². The van der Waals surface area contributed by atoms with Gasteiger partial charge in [-0.05, 0) is 24.6 Å². The monoisotopic (exact) mass is 238 g/mol. The van der Waals surface area contributed by atoms with Crippen molar-refractivity contribution in [3.8, 4) is 5.75 Å². The largest absolute Gasteiger partial charge is 0.507 e. The fraction of sp³-hybridized carbons (Fsp3) is 0.273. The van der Waals surface area contributed by atoms with E-state index in [-0.39, 0.29) is 17.0 Å². The van der Waals surface area contributed by atoms with Gasteiger partial charge in [0, 0.05) is 5.69 Å². The van der Waals surface area contributed by atoms with Gasteiger partial charge in [0.25, 0.3) is 0 Å². The van der Waals surface area contributed by atoms with Crippen LogP contribution < -0.4 is 11.1 Å². The van der Waals surface area contributed by atoms with Crippen LogP contribution in [-0.4, -0.2) is 28.1 Å². The van der Waals surface area contributed by atoms with Gasteiger partial charge in [-0.2, -0.15) is 0 Å². The zero-order chi connectivity index (χ0) is 13.0. The van der Waals surface area contributed by atoms with Gasteiger partial charge in [-0.15, -0.1) is 0 Å². The second kappa shape index (κ2) is 5.31. The lowest BCUT2D eigenvalue weighted by atomic mass is 10.1. The lowest BCUT2D eigenvalue weighted by Crippen LogP contribution is -2.34. The maximum Gasteiger partial charge on any atom is 0.339 e. The van der Waals surface area contributed by atoms with Crippen molar-refractivity contribution in [2.45, 2.75) is 19.4 Å². The molecule has 0 radical (unpaired) electrons. The molecule has 1 aromatic carbocycles. The molecule has 17 heavy (non-hydrogen) atoms. The van der Waals surface area contributed by atoms with Crippen LogP contribution in [0.15, 0.2) is 18.2 Å². The Morgan fingerprint density at radius 3 is 2.65 bits per heavy atom. The Morgan fingerprint density at radius 1 is 1.47 bits per heavy atom. The summed E-state index contributed by atoms with van der Waals surface area (Å²) in [5, 5.41) is 20.5. The van der Waals surface area contributed by atoms with Crippen LogP contribution in [0.5, 0.6) is 5.75 Å². The van der Waals surface area contributed by atoms with Crippen LogP contribution in [0, 0.1) is 0 Å². The molecule has 0 aliphatic carbocycles. The Morgan fingerprint density at radius 2 is 2.12 bits per heavy atom. The predicted octanol–water partition coefficient (Wildman–Crippen LogP) is 0.766. The summed E-state index contributed by atoms with van der Waals surface area (Å²) in [6.07, 6.45) is 0.482. The van der Waals surface area contributed by atoms with Crippen molar-refractivity contribution in [2.24, 2.45) is 5.73 Å². The number of carboxylic acid groups (broad SMARTS) is 1. The first kappa shape index (κ1) is 13.0. The molecule has 0 aliphatic heterocycles. The Balaban J connectivity index is 2.90. The number of amides is 1. The number of hydrogen-bond donors (Lipinski definition) is 4. The van der Waals surface area contributed by atoms with Gasteiger partial charge < -0.3 is 21.3 Å². The van der Waals surface area contributed by atoms with Crippen molar-refractivity contribution in [2.75, 3.05) is 5.32 Å². The number of aromatic carboxylic acids is 1. The molecule has 5 N–H and O–H groups in total. The summed E-state index contributed by atoms with van der Waals surface area (Å²) >= 11 is 0. The molecule has 1 amide bonds. The number of hydrogen-bond acceptors (Lipinski definition) is 4. The van der Waals surface area contributed by atoms with E-state index in [0.717, 1.165) is 0 Å². The third-order valence-electron chi connectivity index (χ3n) is 2.27. The molecule has 1 atom stereocenters. The summed E-state index contributed by atoms with van der Waals surface area (Å²) in [5.74, 6) is -2.01. The molecule has 0 bridgehead atoms. The summed E-state index contributed by atoms with van der Waals surface area (Å²) in [6, 6.07) is 3.15. The average Bonchev–Trinajstić information content (AvgIpc) is 2.30. The van der Waals surface area contributed by atoms with Crippen LogP contribution >= 0.6 is 0 Å². The highest BCUT2D eigenvalue weighted by atomic mass is 16.4. The van der Waals surface area contributed by atoms with Crippen molar-refractivity contribution >= 4 is 17.6 Å². The van der Waals surface area contributed by atoms with Gasteiger partial charge in [0.15, 0.2) is 0 Å². The molecule has 0 unspecified atom stereocenters. The molecule has 6 nitrogen and oxygen atoms in total. The highest BCUT2D eigenvalue weighted by molar-refractivity contribution is 5.97. The Labute approximate surface area is 98.1 Å². The fourth-order valence-electron chi connectivity index (χ4n) is 1.21. The smallest absolute Gasteiger partial charge is 0.339 e. The molecule has 0 aliphatic rings. The van der Waals surface area contributed by atoms with Crippen molar-refractivity contribution < 1.29 is 19.8 Å². The molecule has 0 heterocycles. The number of benzene rings is 1. The molecule has 6 heteroatoms.